The van der Waals surface area contributed by atoms with E-state index in [0.717, 1.165) is 19.4 Å². The van der Waals surface area contributed by atoms with E-state index in [1.807, 2.05) is 0 Å². The van der Waals surface area contributed by atoms with Gasteiger partial charge < -0.3 is 15.4 Å². The summed E-state index contributed by atoms with van der Waals surface area (Å²) in [6.45, 7) is 4.07. The second-order valence-electron chi connectivity index (χ2n) is 4.89. The topological polar surface area (TPSA) is 84.7 Å². The molecule has 0 bridgehead atoms. The third-order valence-electron chi connectivity index (χ3n) is 3.31. The van der Waals surface area contributed by atoms with E-state index in [9.17, 15) is 8.42 Å². The normalized spacial score (nSPS) is 26.4. The molecule has 0 aromatic heterocycles. The lowest BCUT2D eigenvalue weighted by molar-refractivity contribution is 0.156. The Bertz CT molecular complexity index is 334. The number of nitrogens with zero attached hydrogens (tertiary/aromatic N) is 1. The van der Waals surface area contributed by atoms with Crippen molar-refractivity contribution < 1.29 is 13.2 Å². The molecule has 2 unspecified atom stereocenters. The van der Waals surface area contributed by atoms with Crippen LogP contribution in [-0.2, 0) is 14.8 Å². The van der Waals surface area contributed by atoms with Crippen LogP contribution in [-0.4, -0.2) is 64.5 Å². The highest BCUT2D eigenvalue weighted by atomic mass is 32.2. The van der Waals surface area contributed by atoms with Gasteiger partial charge >= 0.3 is 0 Å². The minimum atomic E-state index is -3.24. The lowest BCUT2D eigenvalue weighted by Crippen LogP contribution is -2.48. The molecular weight excluding hydrogens is 254 g/mol. The van der Waals surface area contributed by atoms with Gasteiger partial charge in [-0.2, -0.15) is 0 Å². The number of hydrogen-bond acceptors (Lipinski definition) is 5. The Morgan fingerprint density at radius 2 is 2.17 bits per heavy atom. The molecule has 108 valence electrons. The standard InChI is InChI=1S/C11H25N3O3S/c1-10-9-11(3-5-14(10)2)13-18(15,16)8-7-17-6-4-12/h10-11,13H,3-9,12H2,1-2H3. The Hall–Kier alpha value is -0.210. The van der Waals surface area contributed by atoms with Gasteiger partial charge in [0, 0.05) is 18.6 Å². The molecule has 0 spiro atoms. The lowest BCUT2D eigenvalue weighted by Gasteiger charge is -2.35. The van der Waals surface area contributed by atoms with Gasteiger partial charge in [-0.05, 0) is 33.4 Å². The summed E-state index contributed by atoms with van der Waals surface area (Å²) in [4.78, 5) is 2.25. The molecule has 0 aromatic carbocycles. The summed E-state index contributed by atoms with van der Waals surface area (Å²) >= 11 is 0. The molecule has 2 atom stereocenters. The van der Waals surface area contributed by atoms with Gasteiger partial charge in [-0.15, -0.1) is 0 Å². The van der Waals surface area contributed by atoms with E-state index in [2.05, 4.69) is 23.6 Å². The van der Waals surface area contributed by atoms with Crippen molar-refractivity contribution in [2.45, 2.75) is 31.8 Å². The van der Waals surface area contributed by atoms with Crippen molar-refractivity contribution in [3.63, 3.8) is 0 Å². The molecule has 18 heavy (non-hydrogen) atoms. The molecule has 1 heterocycles. The highest BCUT2D eigenvalue weighted by molar-refractivity contribution is 7.89. The van der Waals surface area contributed by atoms with Crippen molar-refractivity contribution in [3.8, 4) is 0 Å². The summed E-state index contributed by atoms with van der Waals surface area (Å²) in [5.41, 5.74) is 5.26. The maximum Gasteiger partial charge on any atom is 0.214 e. The van der Waals surface area contributed by atoms with Crippen molar-refractivity contribution in [1.82, 2.24) is 9.62 Å². The van der Waals surface area contributed by atoms with E-state index in [-0.39, 0.29) is 18.4 Å². The molecule has 0 amide bonds. The Labute approximate surface area is 110 Å². The van der Waals surface area contributed by atoms with Crippen LogP contribution in [0.4, 0.5) is 0 Å². The number of ether oxygens (including phenoxy) is 1. The van der Waals surface area contributed by atoms with Crippen LogP contribution in [0.3, 0.4) is 0 Å². The van der Waals surface area contributed by atoms with Gasteiger partial charge in [0.15, 0.2) is 0 Å². The summed E-state index contributed by atoms with van der Waals surface area (Å²) in [5, 5.41) is 0. The smallest absolute Gasteiger partial charge is 0.214 e. The van der Waals surface area contributed by atoms with Gasteiger partial charge in [0.05, 0.1) is 19.0 Å². The first-order valence-corrected chi connectivity index (χ1v) is 8.08. The SMILES string of the molecule is CC1CC(NS(=O)(=O)CCOCCN)CCN1C. The molecule has 0 aromatic rings. The molecule has 0 saturated carbocycles. The Kier molecular flexibility index (Phi) is 6.51. The number of likely N-dealkylation sites (tertiary alicyclic amines) is 1. The fourth-order valence-corrected chi connectivity index (χ4v) is 3.24. The molecule has 0 radical (unpaired) electrons. The van der Waals surface area contributed by atoms with Crippen LogP contribution in [0.25, 0.3) is 0 Å². The summed E-state index contributed by atoms with van der Waals surface area (Å²) in [6, 6.07) is 0.468. The fourth-order valence-electron chi connectivity index (χ4n) is 2.06. The maximum atomic E-state index is 11.8. The predicted molar refractivity (Wildman–Crippen MR) is 71.9 cm³/mol. The number of rotatable bonds is 7. The largest absolute Gasteiger partial charge is 0.379 e. The number of hydrogen-bond donors (Lipinski definition) is 2. The molecule has 6 nitrogen and oxygen atoms in total. The number of nitrogens with one attached hydrogen (secondary N) is 1. The zero-order valence-electron chi connectivity index (χ0n) is 11.3. The van der Waals surface area contributed by atoms with E-state index in [1.54, 1.807) is 0 Å². The monoisotopic (exact) mass is 279 g/mol. The number of sulfonamides is 1. The third-order valence-corrected chi connectivity index (χ3v) is 4.71. The predicted octanol–water partition coefficient (Wildman–Crippen LogP) is -0.636. The maximum absolute atomic E-state index is 11.8. The van der Waals surface area contributed by atoms with E-state index in [1.165, 1.54) is 0 Å². The Balaban J connectivity index is 2.32. The van der Waals surface area contributed by atoms with Crippen LogP contribution in [0, 0.1) is 0 Å². The summed E-state index contributed by atoms with van der Waals surface area (Å²) < 4.78 is 31.5. The van der Waals surface area contributed by atoms with Crippen molar-refractivity contribution in [2.24, 2.45) is 5.73 Å². The average Bonchev–Trinajstić information content (AvgIpc) is 2.29. The van der Waals surface area contributed by atoms with Crippen LogP contribution in [0.2, 0.25) is 0 Å². The minimum absolute atomic E-state index is 0.00766. The zero-order chi connectivity index (χ0) is 13.6. The zero-order valence-corrected chi connectivity index (χ0v) is 12.1. The van der Waals surface area contributed by atoms with Gasteiger partial charge in [-0.1, -0.05) is 0 Å². The first-order chi connectivity index (χ1) is 8.44. The van der Waals surface area contributed by atoms with Gasteiger partial charge in [0.1, 0.15) is 0 Å². The van der Waals surface area contributed by atoms with Crippen LogP contribution in [0.1, 0.15) is 19.8 Å². The van der Waals surface area contributed by atoms with E-state index < -0.39 is 10.0 Å². The molecule has 1 aliphatic rings. The van der Waals surface area contributed by atoms with Crippen molar-refractivity contribution in [3.05, 3.63) is 0 Å². The molecule has 7 heteroatoms. The molecular formula is C11H25N3O3S. The Morgan fingerprint density at radius 1 is 1.44 bits per heavy atom. The second kappa shape index (κ2) is 7.40. The van der Waals surface area contributed by atoms with Crippen LogP contribution in [0.15, 0.2) is 0 Å². The first-order valence-electron chi connectivity index (χ1n) is 6.42. The average molecular weight is 279 g/mol. The van der Waals surface area contributed by atoms with Crippen LogP contribution >= 0.6 is 0 Å². The summed E-state index contributed by atoms with van der Waals surface area (Å²) in [7, 11) is -1.17. The van der Waals surface area contributed by atoms with E-state index in [4.69, 9.17) is 10.5 Å². The highest BCUT2D eigenvalue weighted by Gasteiger charge is 2.25. The quantitative estimate of drug-likeness (QED) is 0.606. The lowest BCUT2D eigenvalue weighted by atomic mass is 10.0. The Morgan fingerprint density at radius 3 is 2.78 bits per heavy atom. The molecule has 1 rings (SSSR count). The van der Waals surface area contributed by atoms with Crippen molar-refractivity contribution in [2.75, 3.05) is 39.1 Å². The molecule has 0 aliphatic carbocycles. The van der Waals surface area contributed by atoms with Crippen LogP contribution < -0.4 is 10.5 Å². The fraction of sp³-hybridized carbons (Fsp3) is 1.00. The number of nitrogens with two attached hydrogens (primary N) is 1. The second-order valence-corrected chi connectivity index (χ2v) is 6.76. The van der Waals surface area contributed by atoms with Crippen LogP contribution in [0.5, 0.6) is 0 Å². The van der Waals surface area contributed by atoms with E-state index in [0.29, 0.717) is 19.2 Å². The van der Waals surface area contributed by atoms with Crippen molar-refractivity contribution >= 4 is 10.0 Å². The van der Waals surface area contributed by atoms with Gasteiger partial charge in [-0.25, -0.2) is 13.1 Å². The van der Waals surface area contributed by atoms with Gasteiger partial charge in [-0.3, -0.25) is 0 Å². The molecule has 1 aliphatic heterocycles. The van der Waals surface area contributed by atoms with Gasteiger partial charge in [0.25, 0.3) is 0 Å². The summed E-state index contributed by atoms with van der Waals surface area (Å²) in [6.07, 6.45) is 1.73. The summed E-state index contributed by atoms with van der Waals surface area (Å²) in [5.74, 6) is 0.00766. The number of piperidine rings is 1. The van der Waals surface area contributed by atoms with Gasteiger partial charge in [0.2, 0.25) is 10.0 Å². The van der Waals surface area contributed by atoms with Crippen molar-refractivity contribution in [1.29, 1.82) is 0 Å². The third kappa shape index (κ3) is 5.62. The minimum Gasteiger partial charge on any atom is -0.379 e. The van der Waals surface area contributed by atoms with E-state index >= 15 is 0 Å². The molecule has 3 N–H and O–H groups in total. The first kappa shape index (κ1) is 15.8. The molecule has 1 saturated heterocycles. The highest BCUT2D eigenvalue weighted by Crippen LogP contribution is 2.15. The molecule has 1 fully saturated rings.